The van der Waals surface area contributed by atoms with Crippen LogP contribution in [-0.4, -0.2) is 51.4 Å². The first kappa shape index (κ1) is 19.3. The number of aryl methyl sites for hydroxylation is 2. The molecule has 1 aliphatic rings. The first-order valence-electron chi connectivity index (χ1n) is 10.0. The van der Waals surface area contributed by atoms with Crippen LogP contribution in [0.3, 0.4) is 0 Å². The topological polar surface area (TPSA) is 58.4 Å². The van der Waals surface area contributed by atoms with Crippen molar-refractivity contribution in [3.05, 3.63) is 75.8 Å². The van der Waals surface area contributed by atoms with Gasteiger partial charge in [0.15, 0.2) is 0 Å². The third kappa shape index (κ3) is 4.07. The molecule has 29 heavy (non-hydrogen) atoms. The molecule has 1 saturated heterocycles. The van der Waals surface area contributed by atoms with E-state index >= 15 is 0 Å². The summed E-state index contributed by atoms with van der Waals surface area (Å²) in [7, 11) is 0. The quantitative estimate of drug-likeness (QED) is 0.686. The zero-order valence-electron chi connectivity index (χ0n) is 17.0. The van der Waals surface area contributed by atoms with Gasteiger partial charge in [-0.3, -0.25) is 19.1 Å². The number of piperazine rings is 1. The molecule has 2 aromatic carbocycles. The number of carbonyl (C=O) groups excluding carboxylic acids is 1. The molecular weight excluding hydrogens is 364 g/mol. The fourth-order valence-corrected chi connectivity index (χ4v) is 3.88. The predicted molar refractivity (Wildman–Crippen MR) is 114 cm³/mol. The van der Waals surface area contributed by atoms with Crippen LogP contribution in [-0.2, 0) is 17.9 Å². The normalized spacial score (nSPS) is 15.0. The predicted octanol–water partition coefficient (Wildman–Crippen LogP) is 2.36. The Hall–Kier alpha value is -2.99. The van der Waals surface area contributed by atoms with Gasteiger partial charge in [0, 0.05) is 32.7 Å². The van der Waals surface area contributed by atoms with Gasteiger partial charge >= 0.3 is 0 Å². The van der Waals surface area contributed by atoms with Crippen molar-refractivity contribution in [2.24, 2.45) is 0 Å². The fraction of sp³-hybridized carbons (Fsp3) is 0.348. The number of nitrogens with zero attached hydrogens (tertiary/aromatic N) is 4. The Morgan fingerprint density at radius 2 is 1.69 bits per heavy atom. The Bertz CT molecular complexity index is 1100. The number of benzene rings is 2. The minimum atomic E-state index is -0.162. The van der Waals surface area contributed by atoms with E-state index in [9.17, 15) is 9.59 Å². The first-order valence-corrected chi connectivity index (χ1v) is 10.0. The lowest BCUT2D eigenvalue weighted by Gasteiger charge is -2.35. The monoisotopic (exact) mass is 390 g/mol. The molecule has 0 N–H and O–H groups in total. The summed E-state index contributed by atoms with van der Waals surface area (Å²) in [6.07, 6.45) is 1.49. The van der Waals surface area contributed by atoms with Gasteiger partial charge in [-0.05, 0) is 36.6 Å². The molecule has 0 aliphatic carbocycles. The van der Waals surface area contributed by atoms with Crippen LogP contribution in [0.15, 0.2) is 53.6 Å². The molecule has 0 atom stereocenters. The Balaban J connectivity index is 1.39. The number of amides is 1. The molecule has 6 heteroatoms. The lowest BCUT2D eigenvalue weighted by atomic mass is 10.1. The summed E-state index contributed by atoms with van der Waals surface area (Å²) < 4.78 is 1.42. The summed E-state index contributed by atoms with van der Waals surface area (Å²) in [6.45, 7) is 8.04. The average molecular weight is 390 g/mol. The fourth-order valence-electron chi connectivity index (χ4n) is 3.88. The highest BCUT2D eigenvalue weighted by molar-refractivity contribution is 5.81. The number of aromatic nitrogens is 2. The van der Waals surface area contributed by atoms with Crippen LogP contribution >= 0.6 is 0 Å². The molecule has 1 aromatic heterocycles. The van der Waals surface area contributed by atoms with Crippen molar-refractivity contribution >= 4 is 16.8 Å². The second-order valence-electron chi connectivity index (χ2n) is 7.73. The molecule has 6 nitrogen and oxygen atoms in total. The Morgan fingerprint density at radius 3 is 2.45 bits per heavy atom. The lowest BCUT2D eigenvalue weighted by Crippen LogP contribution is -2.49. The maximum atomic E-state index is 12.8. The number of carbonyl (C=O) groups is 1. The highest BCUT2D eigenvalue weighted by Gasteiger charge is 2.22. The van der Waals surface area contributed by atoms with Gasteiger partial charge in [0.2, 0.25) is 5.91 Å². The zero-order valence-corrected chi connectivity index (χ0v) is 17.0. The van der Waals surface area contributed by atoms with Crippen LogP contribution < -0.4 is 5.56 Å². The Kier molecular flexibility index (Phi) is 5.45. The van der Waals surface area contributed by atoms with Crippen LogP contribution in [0, 0.1) is 13.8 Å². The van der Waals surface area contributed by atoms with Crippen LogP contribution in [0.1, 0.15) is 16.7 Å². The van der Waals surface area contributed by atoms with Crippen molar-refractivity contribution in [3.8, 4) is 0 Å². The van der Waals surface area contributed by atoms with E-state index in [1.54, 1.807) is 6.07 Å². The summed E-state index contributed by atoms with van der Waals surface area (Å²) >= 11 is 0. The van der Waals surface area contributed by atoms with Crippen molar-refractivity contribution in [1.29, 1.82) is 0 Å². The molecule has 0 bridgehead atoms. The Morgan fingerprint density at radius 1 is 0.966 bits per heavy atom. The third-order valence-electron chi connectivity index (χ3n) is 5.74. The minimum Gasteiger partial charge on any atom is -0.339 e. The van der Waals surface area contributed by atoms with Gasteiger partial charge < -0.3 is 4.90 Å². The number of hydrogen-bond donors (Lipinski definition) is 0. The van der Waals surface area contributed by atoms with Crippen LogP contribution in [0.5, 0.6) is 0 Å². The van der Waals surface area contributed by atoms with E-state index in [0.717, 1.165) is 25.2 Å². The number of rotatable bonds is 4. The van der Waals surface area contributed by atoms with Crippen molar-refractivity contribution in [2.75, 3.05) is 26.2 Å². The molecule has 1 amide bonds. The molecular formula is C23H26N4O2. The van der Waals surface area contributed by atoms with Gasteiger partial charge in [-0.15, -0.1) is 0 Å². The summed E-state index contributed by atoms with van der Waals surface area (Å²) in [6, 6.07) is 14.0. The third-order valence-corrected chi connectivity index (χ3v) is 5.74. The van der Waals surface area contributed by atoms with E-state index in [1.807, 2.05) is 24.0 Å². The van der Waals surface area contributed by atoms with E-state index in [2.05, 4.69) is 41.1 Å². The van der Waals surface area contributed by atoms with Gasteiger partial charge in [-0.1, -0.05) is 36.4 Å². The van der Waals surface area contributed by atoms with E-state index < -0.39 is 0 Å². The summed E-state index contributed by atoms with van der Waals surface area (Å²) in [4.78, 5) is 34.1. The van der Waals surface area contributed by atoms with Crippen LogP contribution in [0.2, 0.25) is 0 Å². The standard InChI is InChI=1S/C23H26N4O2/c1-17-6-3-4-8-19(17)14-25-10-12-26(13-11-25)21(28)15-27-16-24-22-18(2)7-5-9-20(22)23(27)29/h3-9,16H,10-15H2,1-2H3. The molecule has 0 spiro atoms. The van der Waals surface area contributed by atoms with E-state index in [0.29, 0.717) is 24.0 Å². The molecule has 0 saturated carbocycles. The minimum absolute atomic E-state index is 0.0311. The van der Waals surface area contributed by atoms with E-state index in [4.69, 9.17) is 0 Å². The Labute approximate surface area is 170 Å². The smallest absolute Gasteiger partial charge is 0.261 e. The number of para-hydroxylation sites is 1. The highest BCUT2D eigenvalue weighted by atomic mass is 16.2. The molecule has 1 aliphatic heterocycles. The summed E-state index contributed by atoms with van der Waals surface area (Å²) in [5.41, 5.74) is 4.12. The van der Waals surface area contributed by atoms with E-state index in [1.165, 1.54) is 22.0 Å². The lowest BCUT2D eigenvalue weighted by molar-refractivity contribution is -0.133. The van der Waals surface area contributed by atoms with Crippen molar-refractivity contribution in [2.45, 2.75) is 26.9 Å². The number of hydrogen-bond acceptors (Lipinski definition) is 4. The second-order valence-corrected chi connectivity index (χ2v) is 7.73. The molecule has 3 aromatic rings. The zero-order chi connectivity index (χ0) is 20.4. The van der Waals surface area contributed by atoms with Gasteiger partial charge in [0.25, 0.3) is 5.56 Å². The summed E-state index contributed by atoms with van der Waals surface area (Å²) in [5.74, 6) is -0.0311. The summed E-state index contributed by atoms with van der Waals surface area (Å²) in [5, 5.41) is 0.559. The largest absolute Gasteiger partial charge is 0.339 e. The first-order chi connectivity index (χ1) is 14.0. The second kappa shape index (κ2) is 8.17. The molecule has 150 valence electrons. The highest BCUT2D eigenvalue weighted by Crippen LogP contribution is 2.14. The van der Waals surface area contributed by atoms with Gasteiger partial charge in [0.1, 0.15) is 6.54 Å². The van der Waals surface area contributed by atoms with Gasteiger partial charge in [-0.2, -0.15) is 0 Å². The van der Waals surface area contributed by atoms with Crippen LogP contribution in [0.4, 0.5) is 0 Å². The van der Waals surface area contributed by atoms with Crippen molar-refractivity contribution in [3.63, 3.8) is 0 Å². The van der Waals surface area contributed by atoms with Crippen molar-refractivity contribution < 1.29 is 4.79 Å². The average Bonchev–Trinajstić information content (AvgIpc) is 2.73. The number of fused-ring (bicyclic) bond motifs is 1. The molecule has 0 radical (unpaired) electrons. The molecule has 2 heterocycles. The molecule has 4 rings (SSSR count). The molecule has 0 unspecified atom stereocenters. The maximum absolute atomic E-state index is 12.8. The maximum Gasteiger partial charge on any atom is 0.261 e. The molecule has 1 fully saturated rings. The van der Waals surface area contributed by atoms with Crippen molar-refractivity contribution in [1.82, 2.24) is 19.4 Å². The van der Waals surface area contributed by atoms with Crippen LogP contribution in [0.25, 0.3) is 10.9 Å². The van der Waals surface area contributed by atoms with Gasteiger partial charge in [0.05, 0.1) is 17.2 Å². The SMILES string of the molecule is Cc1ccccc1CN1CCN(C(=O)Cn2cnc3c(C)cccc3c2=O)CC1. The van der Waals surface area contributed by atoms with Gasteiger partial charge in [-0.25, -0.2) is 4.98 Å². The van der Waals surface area contributed by atoms with E-state index in [-0.39, 0.29) is 18.0 Å².